The first-order chi connectivity index (χ1) is 15.9. The lowest BCUT2D eigenvalue weighted by Crippen LogP contribution is -2.27. The molecular formula is C25H19Br2NO4S. The minimum Gasteiger partial charge on any atom is -0.493 e. The van der Waals surface area contributed by atoms with Crippen molar-refractivity contribution < 1.29 is 19.1 Å². The van der Waals surface area contributed by atoms with Crippen molar-refractivity contribution in [2.75, 3.05) is 7.11 Å². The standard InChI is InChI=1S/C25H19Br2NO4S/c1-31-21-4-2-3-18(23(21)32-15-17-7-11-20(27)12-8-17)13-22-24(29)28(25(30)33-22)14-16-5-9-19(26)10-6-16/h2-13H,14-15H2,1H3/b22-13-. The van der Waals surface area contributed by atoms with Crippen LogP contribution in [0.1, 0.15) is 16.7 Å². The molecule has 3 aromatic rings. The number of amides is 2. The third-order valence-corrected chi connectivity index (χ3v) is 6.90. The monoisotopic (exact) mass is 587 g/mol. The molecular weight excluding hydrogens is 570 g/mol. The molecule has 4 rings (SSSR count). The molecule has 0 atom stereocenters. The SMILES string of the molecule is COc1cccc(/C=C2\SC(=O)N(Cc3ccc(Br)cc3)C2=O)c1OCc1ccc(Br)cc1. The molecule has 8 heteroatoms. The maximum atomic E-state index is 13.0. The first-order valence-electron chi connectivity index (χ1n) is 9.98. The molecule has 168 valence electrons. The molecule has 0 unspecified atom stereocenters. The van der Waals surface area contributed by atoms with E-state index in [9.17, 15) is 9.59 Å². The number of methoxy groups -OCH3 is 1. The smallest absolute Gasteiger partial charge is 0.293 e. The number of halogens is 2. The van der Waals surface area contributed by atoms with E-state index in [0.29, 0.717) is 28.6 Å². The number of carbonyl (C=O) groups excluding carboxylic acids is 2. The van der Waals surface area contributed by atoms with Crippen molar-refractivity contribution >= 4 is 60.8 Å². The van der Waals surface area contributed by atoms with Gasteiger partial charge in [-0.05, 0) is 59.3 Å². The number of hydrogen-bond acceptors (Lipinski definition) is 5. The average Bonchev–Trinajstić information content (AvgIpc) is 3.07. The molecule has 0 bridgehead atoms. The highest BCUT2D eigenvalue weighted by Crippen LogP contribution is 2.38. The lowest BCUT2D eigenvalue weighted by Gasteiger charge is -2.14. The van der Waals surface area contributed by atoms with Crippen LogP contribution in [0, 0.1) is 0 Å². The summed E-state index contributed by atoms with van der Waals surface area (Å²) < 4.78 is 13.5. The van der Waals surface area contributed by atoms with Crippen LogP contribution < -0.4 is 9.47 Å². The van der Waals surface area contributed by atoms with Crippen molar-refractivity contribution in [2.24, 2.45) is 0 Å². The highest BCUT2D eigenvalue weighted by Gasteiger charge is 2.35. The normalized spacial score (nSPS) is 14.8. The summed E-state index contributed by atoms with van der Waals surface area (Å²) in [6.07, 6.45) is 1.69. The van der Waals surface area contributed by atoms with Gasteiger partial charge in [0.15, 0.2) is 11.5 Å². The number of imide groups is 1. The topological polar surface area (TPSA) is 55.8 Å². The van der Waals surface area contributed by atoms with Crippen molar-refractivity contribution in [2.45, 2.75) is 13.2 Å². The zero-order valence-electron chi connectivity index (χ0n) is 17.6. The van der Waals surface area contributed by atoms with Crippen LogP contribution in [0.3, 0.4) is 0 Å². The number of para-hydroxylation sites is 1. The minimum absolute atomic E-state index is 0.223. The van der Waals surface area contributed by atoms with Crippen molar-refractivity contribution in [3.63, 3.8) is 0 Å². The van der Waals surface area contributed by atoms with Gasteiger partial charge < -0.3 is 9.47 Å². The van der Waals surface area contributed by atoms with E-state index in [-0.39, 0.29) is 17.7 Å². The first-order valence-corrected chi connectivity index (χ1v) is 12.4. The molecule has 0 aromatic heterocycles. The Balaban J connectivity index is 1.57. The molecule has 33 heavy (non-hydrogen) atoms. The van der Waals surface area contributed by atoms with Gasteiger partial charge in [0, 0.05) is 14.5 Å². The van der Waals surface area contributed by atoms with Gasteiger partial charge in [0.25, 0.3) is 11.1 Å². The minimum atomic E-state index is -0.324. The third kappa shape index (κ3) is 5.69. The van der Waals surface area contributed by atoms with Crippen molar-refractivity contribution in [3.05, 3.63) is 97.3 Å². The van der Waals surface area contributed by atoms with Gasteiger partial charge >= 0.3 is 0 Å². The summed E-state index contributed by atoms with van der Waals surface area (Å²) in [5.41, 5.74) is 2.53. The quantitative estimate of drug-likeness (QED) is 0.277. The predicted octanol–water partition coefficient (Wildman–Crippen LogP) is 7.04. The third-order valence-electron chi connectivity index (χ3n) is 4.94. The Bertz CT molecular complexity index is 1210. The molecule has 0 spiro atoms. The van der Waals surface area contributed by atoms with Crippen LogP contribution in [0.5, 0.6) is 11.5 Å². The molecule has 1 fully saturated rings. The number of benzene rings is 3. The lowest BCUT2D eigenvalue weighted by molar-refractivity contribution is -0.123. The molecule has 1 saturated heterocycles. The van der Waals surface area contributed by atoms with Gasteiger partial charge in [-0.2, -0.15) is 0 Å². The van der Waals surface area contributed by atoms with Crippen LogP contribution in [0.4, 0.5) is 4.79 Å². The van der Waals surface area contributed by atoms with Crippen LogP contribution in [0.15, 0.2) is 80.6 Å². The van der Waals surface area contributed by atoms with E-state index in [0.717, 1.165) is 31.8 Å². The van der Waals surface area contributed by atoms with Gasteiger partial charge in [0.1, 0.15) is 6.61 Å². The van der Waals surface area contributed by atoms with Gasteiger partial charge in [-0.1, -0.05) is 68.3 Å². The molecule has 5 nitrogen and oxygen atoms in total. The Kier molecular flexibility index (Phi) is 7.57. The van der Waals surface area contributed by atoms with Gasteiger partial charge in [-0.25, -0.2) is 0 Å². The van der Waals surface area contributed by atoms with Gasteiger partial charge in [0.05, 0.1) is 18.6 Å². The molecule has 0 radical (unpaired) electrons. The van der Waals surface area contributed by atoms with Crippen molar-refractivity contribution in [1.82, 2.24) is 4.90 Å². The zero-order chi connectivity index (χ0) is 23.4. The number of hydrogen-bond donors (Lipinski definition) is 0. The van der Waals surface area contributed by atoms with Crippen LogP contribution in [-0.4, -0.2) is 23.2 Å². The highest BCUT2D eigenvalue weighted by atomic mass is 79.9. The van der Waals surface area contributed by atoms with Crippen LogP contribution in [-0.2, 0) is 17.9 Å². The lowest BCUT2D eigenvalue weighted by atomic mass is 10.1. The largest absolute Gasteiger partial charge is 0.493 e. The Morgan fingerprint density at radius 3 is 2.18 bits per heavy atom. The fourth-order valence-corrected chi connectivity index (χ4v) is 4.61. The molecule has 0 aliphatic carbocycles. The summed E-state index contributed by atoms with van der Waals surface area (Å²) in [4.78, 5) is 27.2. The summed E-state index contributed by atoms with van der Waals surface area (Å²) in [6, 6.07) is 20.8. The molecule has 0 saturated carbocycles. The molecule has 0 N–H and O–H groups in total. The van der Waals surface area contributed by atoms with Gasteiger partial charge in [-0.3, -0.25) is 14.5 Å². The molecule has 1 aliphatic rings. The fourth-order valence-electron chi connectivity index (χ4n) is 3.25. The maximum Gasteiger partial charge on any atom is 0.293 e. The molecule has 1 heterocycles. The summed E-state index contributed by atoms with van der Waals surface area (Å²) in [6.45, 7) is 0.555. The summed E-state index contributed by atoms with van der Waals surface area (Å²) in [5, 5.41) is -0.297. The Hall–Kier alpha value is -2.55. The zero-order valence-corrected chi connectivity index (χ0v) is 21.6. The number of carbonyl (C=O) groups is 2. The summed E-state index contributed by atoms with van der Waals surface area (Å²) in [7, 11) is 1.57. The van der Waals surface area contributed by atoms with Crippen LogP contribution >= 0.6 is 43.6 Å². The molecule has 3 aromatic carbocycles. The van der Waals surface area contributed by atoms with E-state index in [4.69, 9.17) is 9.47 Å². The second-order valence-corrected chi connectivity index (χ2v) is 10.0. The number of thioether (sulfide) groups is 1. The van der Waals surface area contributed by atoms with Gasteiger partial charge in [-0.15, -0.1) is 0 Å². The molecule has 2 amide bonds. The summed E-state index contributed by atoms with van der Waals surface area (Å²) >= 11 is 7.75. The number of ether oxygens (including phenoxy) is 2. The number of rotatable bonds is 7. The second kappa shape index (κ2) is 10.6. The van der Waals surface area contributed by atoms with E-state index >= 15 is 0 Å². The van der Waals surface area contributed by atoms with Crippen LogP contribution in [0.25, 0.3) is 6.08 Å². The van der Waals surface area contributed by atoms with E-state index in [1.165, 1.54) is 4.90 Å². The van der Waals surface area contributed by atoms with E-state index in [1.807, 2.05) is 60.7 Å². The Morgan fingerprint density at radius 2 is 1.55 bits per heavy atom. The fraction of sp³-hybridized carbons (Fsp3) is 0.120. The molecule has 1 aliphatic heterocycles. The number of nitrogens with zero attached hydrogens (tertiary/aromatic N) is 1. The van der Waals surface area contributed by atoms with Crippen molar-refractivity contribution in [3.8, 4) is 11.5 Å². The summed E-state index contributed by atoms with van der Waals surface area (Å²) in [5.74, 6) is 0.743. The van der Waals surface area contributed by atoms with Crippen LogP contribution in [0.2, 0.25) is 0 Å². The van der Waals surface area contributed by atoms with Gasteiger partial charge in [0.2, 0.25) is 0 Å². The first kappa shape index (κ1) is 23.6. The Labute approximate surface area is 213 Å². The van der Waals surface area contributed by atoms with E-state index in [1.54, 1.807) is 19.3 Å². The van der Waals surface area contributed by atoms with E-state index < -0.39 is 0 Å². The predicted molar refractivity (Wildman–Crippen MR) is 137 cm³/mol. The average molecular weight is 589 g/mol. The van der Waals surface area contributed by atoms with E-state index in [2.05, 4.69) is 31.9 Å². The van der Waals surface area contributed by atoms with Crippen molar-refractivity contribution in [1.29, 1.82) is 0 Å². The second-order valence-electron chi connectivity index (χ2n) is 7.19. The maximum absolute atomic E-state index is 13.0. The highest BCUT2D eigenvalue weighted by molar-refractivity contribution is 9.10. The Morgan fingerprint density at radius 1 is 0.909 bits per heavy atom.